The molecule has 0 atom stereocenters. The zero-order valence-corrected chi connectivity index (χ0v) is 13.7. The fraction of sp³-hybridized carbons (Fsp3) is 0.312. The second-order valence-electron chi connectivity index (χ2n) is 4.69. The Morgan fingerprint density at radius 1 is 1.36 bits per heavy atom. The number of hydrogen-bond donors (Lipinski definition) is 0. The molecule has 0 spiro atoms. The lowest BCUT2D eigenvalue weighted by molar-refractivity contribution is -0.116. The fourth-order valence-electron chi connectivity index (χ4n) is 2.12. The lowest BCUT2D eigenvalue weighted by Crippen LogP contribution is -2.32. The van der Waals surface area contributed by atoms with Crippen molar-refractivity contribution in [1.29, 1.82) is 0 Å². The van der Waals surface area contributed by atoms with E-state index in [1.54, 1.807) is 11.0 Å². The highest BCUT2D eigenvalue weighted by Gasteiger charge is 2.16. The van der Waals surface area contributed by atoms with Gasteiger partial charge in [-0.15, -0.1) is 16.8 Å². The summed E-state index contributed by atoms with van der Waals surface area (Å²) in [5, 5.41) is 8.92. The first-order valence-corrected chi connectivity index (χ1v) is 8.14. The average molecular weight is 316 g/mol. The van der Waals surface area contributed by atoms with Crippen LogP contribution in [-0.2, 0) is 11.3 Å². The van der Waals surface area contributed by atoms with E-state index in [0.29, 0.717) is 18.8 Å². The topological polar surface area (TPSA) is 51.0 Å². The predicted molar refractivity (Wildman–Crippen MR) is 90.1 cm³/mol. The maximum absolute atomic E-state index is 12.5. The molecule has 6 heteroatoms. The molecular formula is C16H20N4OS. The van der Waals surface area contributed by atoms with E-state index < -0.39 is 0 Å². The van der Waals surface area contributed by atoms with Crippen molar-refractivity contribution in [3.05, 3.63) is 48.8 Å². The van der Waals surface area contributed by atoms with Crippen LogP contribution in [0.5, 0.6) is 0 Å². The first-order valence-electron chi connectivity index (χ1n) is 7.16. The van der Waals surface area contributed by atoms with Gasteiger partial charge < -0.3 is 9.47 Å². The zero-order chi connectivity index (χ0) is 15.9. The van der Waals surface area contributed by atoms with Crippen LogP contribution in [0.1, 0.15) is 12.7 Å². The molecular weight excluding hydrogens is 296 g/mol. The molecule has 0 aliphatic carbocycles. The number of aromatic nitrogens is 3. The molecule has 0 radical (unpaired) electrons. The summed E-state index contributed by atoms with van der Waals surface area (Å²) < 4.78 is 1.95. The Morgan fingerprint density at radius 3 is 2.73 bits per heavy atom. The van der Waals surface area contributed by atoms with E-state index in [9.17, 15) is 4.79 Å². The van der Waals surface area contributed by atoms with Crippen LogP contribution >= 0.6 is 11.8 Å². The van der Waals surface area contributed by atoms with E-state index in [1.807, 2.05) is 48.7 Å². The van der Waals surface area contributed by atoms with E-state index in [2.05, 4.69) is 16.8 Å². The summed E-state index contributed by atoms with van der Waals surface area (Å²) >= 11 is 1.40. The van der Waals surface area contributed by atoms with Gasteiger partial charge in [-0.05, 0) is 26.0 Å². The molecule has 0 aliphatic rings. The number of allylic oxidation sites excluding steroid dienone is 1. The van der Waals surface area contributed by atoms with Crippen LogP contribution in [0.4, 0.5) is 5.69 Å². The summed E-state index contributed by atoms with van der Waals surface area (Å²) in [6.07, 6.45) is 1.80. The molecule has 0 N–H and O–H groups in total. The Labute approximate surface area is 135 Å². The number of nitrogens with zero attached hydrogens (tertiary/aromatic N) is 4. The second-order valence-corrected chi connectivity index (χ2v) is 5.63. The molecule has 0 unspecified atom stereocenters. The van der Waals surface area contributed by atoms with Gasteiger partial charge in [-0.1, -0.05) is 36.0 Å². The Bertz CT molecular complexity index is 639. The van der Waals surface area contributed by atoms with Gasteiger partial charge in [0.05, 0.1) is 5.75 Å². The standard InChI is InChI=1S/C16H20N4OS/c1-4-11-20-13(3)17-18-16(20)22-12-15(21)19(5-2)14-9-7-6-8-10-14/h4,6-10H,1,5,11-12H2,2-3H3. The zero-order valence-electron chi connectivity index (χ0n) is 12.9. The molecule has 22 heavy (non-hydrogen) atoms. The average Bonchev–Trinajstić information content (AvgIpc) is 2.88. The Hall–Kier alpha value is -2.08. The number of para-hydroxylation sites is 1. The van der Waals surface area contributed by atoms with Crippen LogP contribution in [-0.4, -0.2) is 33.0 Å². The van der Waals surface area contributed by atoms with Crippen molar-refractivity contribution < 1.29 is 4.79 Å². The van der Waals surface area contributed by atoms with Crippen molar-refractivity contribution in [3.63, 3.8) is 0 Å². The number of amides is 1. The van der Waals surface area contributed by atoms with Crippen molar-refractivity contribution >= 4 is 23.4 Å². The second kappa shape index (κ2) is 7.79. The molecule has 0 aliphatic heterocycles. The number of carbonyl (C=O) groups is 1. The molecule has 2 aromatic rings. The molecule has 0 saturated carbocycles. The van der Waals surface area contributed by atoms with Crippen molar-refractivity contribution in [2.45, 2.75) is 25.5 Å². The highest BCUT2D eigenvalue weighted by atomic mass is 32.2. The summed E-state index contributed by atoms with van der Waals surface area (Å²) in [6, 6.07) is 9.69. The summed E-state index contributed by atoms with van der Waals surface area (Å²) in [6.45, 7) is 8.88. The van der Waals surface area contributed by atoms with E-state index in [0.717, 1.165) is 16.7 Å². The number of hydrogen-bond acceptors (Lipinski definition) is 4. The van der Waals surface area contributed by atoms with E-state index in [-0.39, 0.29) is 5.91 Å². The van der Waals surface area contributed by atoms with Crippen molar-refractivity contribution in [2.75, 3.05) is 17.2 Å². The SMILES string of the molecule is C=CCn1c(C)nnc1SCC(=O)N(CC)c1ccccc1. The molecule has 2 rings (SSSR count). The number of carbonyl (C=O) groups excluding carboxylic acids is 1. The summed E-state index contributed by atoms with van der Waals surface area (Å²) in [5.74, 6) is 1.22. The lowest BCUT2D eigenvalue weighted by atomic mass is 10.3. The van der Waals surface area contributed by atoms with E-state index >= 15 is 0 Å². The maximum atomic E-state index is 12.5. The Kier molecular flexibility index (Phi) is 5.77. The van der Waals surface area contributed by atoms with Crippen molar-refractivity contribution in [3.8, 4) is 0 Å². The van der Waals surface area contributed by atoms with Gasteiger partial charge >= 0.3 is 0 Å². The minimum absolute atomic E-state index is 0.0597. The number of anilines is 1. The van der Waals surface area contributed by atoms with Crippen LogP contribution in [0.2, 0.25) is 0 Å². The molecule has 0 fully saturated rings. The molecule has 0 bridgehead atoms. The molecule has 1 amide bonds. The largest absolute Gasteiger partial charge is 0.312 e. The maximum Gasteiger partial charge on any atom is 0.237 e. The van der Waals surface area contributed by atoms with Gasteiger partial charge in [0.15, 0.2) is 5.16 Å². The summed E-state index contributed by atoms with van der Waals surface area (Å²) in [7, 11) is 0. The van der Waals surface area contributed by atoms with Gasteiger partial charge in [0.1, 0.15) is 5.82 Å². The first-order chi connectivity index (χ1) is 10.7. The smallest absolute Gasteiger partial charge is 0.237 e. The van der Waals surface area contributed by atoms with Gasteiger partial charge in [-0.25, -0.2) is 0 Å². The number of rotatable bonds is 7. The van der Waals surface area contributed by atoms with Crippen LogP contribution in [0.25, 0.3) is 0 Å². The lowest BCUT2D eigenvalue weighted by Gasteiger charge is -2.20. The molecule has 116 valence electrons. The quantitative estimate of drug-likeness (QED) is 0.582. The molecule has 5 nitrogen and oxygen atoms in total. The normalized spacial score (nSPS) is 10.5. The van der Waals surface area contributed by atoms with Crippen LogP contribution in [0.3, 0.4) is 0 Å². The molecule has 1 aromatic carbocycles. The van der Waals surface area contributed by atoms with Crippen molar-refractivity contribution in [1.82, 2.24) is 14.8 Å². The van der Waals surface area contributed by atoms with E-state index in [4.69, 9.17) is 0 Å². The van der Waals surface area contributed by atoms with Crippen LogP contribution < -0.4 is 4.90 Å². The summed E-state index contributed by atoms with van der Waals surface area (Å²) in [4.78, 5) is 14.2. The third-order valence-corrected chi connectivity index (χ3v) is 4.17. The Balaban J connectivity index is 2.04. The van der Waals surface area contributed by atoms with Gasteiger partial charge in [0.25, 0.3) is 0 Å². The third kappa shape index (κ3) is 3.76. The van der Waals surface area contributed by atoms with E-state index in [1.165, 1.54) is 11.8 Å². The minimum atomic E-state index is 0.0597. The van der Waals surface area contributed by atoms with Gasteiger partial charge in [0, 0.05) is 18.8 Å². The summed E-state index contributed by atoms with van der Waals surface area (Å²) in [5.41, 5.74) is 0.916. The highest BCUT2D eigenvalue weighted by molar-refractivity contribution is 7.99. The molecule has 1 heterocycles. The van der Waals surface area contributed by atoms with Crippen molar-refractivity contribution in [2.24, 2.45) is 0 Å². The van der Waals surface area contributed by atoms with Gasteiger partial charge in [-0.2, -0.15) is 0 Å². The van der Waals surface area contributed by atoms with Crippen LogP contribution in [0.15, 0.2) is 48.1 Å². The monoisotopic (exact) mass is 316 g/mol. The van der Waals surface area contributed by atoms with Crippen LogP contribution in [0, 0.1) is 6.92 Å². The number of thioether (sulfide) groups is 1. The predicted octanol–water partition coefficient (Wildman–Crippen LogP) is 2.92. The molecule has 1 aromatic heterocycles. The molecule has 0 saturated heterocycles. The minimum Gasteiger partial charge on any atom is -0.312 e. The highest BCUT2D eigenvalue weighted by Crippen LogP contribution is 2.20. The first kappa shape index (κ1) is 16.3. The number of benzene rings is 1. The Morgan fingerprint density at radius 2 is 2.09 bits per heavy atom. The number of aryl methyl sites for hydroxylation is 1. The third-order valence-electron chi connectivity index (χ3n) is 3.22. The van der Waals surface area contributed by atoms with Gasteiger partial charge in [0.2, 0.25) is 5.91 Å². The fourth-order valence-corrected chi connectivity index (χ4v) is 2.99. The van der Waals surface area contributed by atoms with Gasteiger partial charge in [-0.3, -0.25) is 4.79 Å².